The fourth-order valence-corrected chi connectivity index (χ4v) is 1.93. The number of nitrogens with one attached hydrogen (secondary N) is 2. The molecule has 1 unspecified atom stereocenters. The number of nitriles is 1. The van der Waals surface area contributed by atoms with Crippen molar-refractivity contribution in [3.63, 3.8) is 0 Å². The number of nitrogens with zero attached hydrogens (tertiary/aromatic N) is 1. The lowest BCUT2D eigenvalue weighted by Gasteiger charge is -2.18. The van der Waals surface area contributed by atoms with Crippen LogP contribution >= 0.6 is 0 Å². The molecule has 108 valence electrons. The lowest BCUT2D eigenvalue weighted by molar-refractivity contribution is 0.761. The summed E-state index contributed by atoms with van der Waals surface area (Å²) in [5, 5.41) is 14.8. The Morgan fingerprint density at radius 2 is 1.76 bits per heavy atom. The molecule has 21 heavy (non-hydrogen) atoms. The third-order valence-electron chi connectivity index (χ3n) is 3.47. The summed E-state index contributed by atoms with van der Waals surface area (Å²) < 4.78 is 0. The third kappa shape index (κ3) is 3.11. The molecule has 5 heteroatoms. The summed E-state index contributed by atoms with van der Waals surface area (Å²) in [6.45, 7) is 4.40. The number of hydrogen-bond donors (Lipinski definition) is 2. The standard InChI is InChI=1S/C16H17N3O2/c1-3-10(2)19-14-13(15(20)16(14)21)18-9-12-6-4-11(8-17)5-7-12/h4-7,10,18-19H,3,9H2,1-2H3. The fourth-order valence-electron chi connectivity index (χ4n) is 1.93. The summed E-state index contributed by atoms with van der Waals surface area (Å²) in [5.41, 5.74) is 1.32. The second-order valence-electron chi connectivity index (χ2n) is 5.02. The highest BCUT2D eigenvalue weighted by Crippen LogP contribution is 2.17. The van der Waals surface area contributed by atoms with Crippen molar-refractivity contribution in [3.05, 3.63) is 55.8 Å². The third-order valence-corrected chi connectivity index (χ3v) is 3.47. The van der Waals surface area contributed by atoms with E-state index in [0.717, 1.165) is 12.0 Å². The van der Waals surface area contributed by atoms with E-state index in [2.05, 4.69) is 16.7 Å². The van der Waals surface area contributed by atoms with Crippen molar-refractivity contribution in [1.82, 2.24) is 0 Å². The highest BCUT2D eigenvalue weighted by Gasteiger charge is 2.21. The van der Waals surface area contributed by atoms with Gasteiger partial charge in [0.15, 0.2) is 0 Å². The Hall–Kier alpha value is -2.61. The smallest absolute Gasteiger partial charge is 0.253 e. The van der Waals surface area contributed by atoms with Gasteiger partial charge in [-0.25, -0.2) is 0 Å². The van der Waals surface area contributed by atoms with E-state index >= 15 is 0 Å². The van der Waals surface area contributed by atoms with Crippen molar-refractivity contribution in [1.29, 1.82) is 5.26 Å². The van der Waals surface area contributed by atoms with E-state index < -0.39 is 10.9 Å². The average Bonchev–Trinajstić information content (AvgIpc) is 2.53. The van der Waals surface area contributed by atoms with Crippen LogP contribution in [-0.4, -0.2) is 6.04 Å². The Balaban J connectivity index is 2.06. The van der Waals surface area contributed by atoms with Crippen LogP contribution in [0.15, 0.2) is 33.9 Å². The van der Waals surface area contributed by atoms with Crippen LogP contribution in [0.3, 0.4) is 0 Å². The Labute approximate surface area is 122 Å². The molecule has 5 nitrogen and oxygen atoms in total. The van der Waals surface area contributed by atoms with Gasteiger partial charge in [0.25, 0.3) is 10.9 Å². The fraction of sp³-hybridized carbons (Fsp3) is 0.312. The Kier molecular flexibility index (Phi) is 4.39. The van der Waals surface area contributed by atoms with Gasteiger partial charge in [0, 0.05) is 12.6 Å². The Morgan fingerprint density at radius 1 is 1.14 bits per heavy atom. The zero-order valence-corrected chi connectivity index (χ0v) is 12.1. The van der Waals surface area contributed by atoms with Gasteiger partial charge in [0.2, 0.25) is 0 Å². The van der Waals surface area contributed by atoms with Crippen molar-refractivity contribution < 1.29 is 0 Å². The van der Waals surface area contributed by atoms with Crippen molar-refractivity contribution in [3.8, 4) is 6.07 Å². The normalized spacial score (nSPS) is 11.9. The van der Waals surface area contributed by atoms with E-state index in [1.165, 1.54) is 0 Å². The van der Waals surface area contributed by atoms with Crippen LogP contribution in [0.25, 0.3) is 0 Å². The molecule has 2 N–H and O–H groups in total. The number of anilines is 2. The summed E-state index contributed by atoms with van der Waals surface area (Å²) in [6.07, 6.45) is 0.869. The first kappa shape index (κ1) is 14.8. The minimum atomic E-state index is -0.477. The molecule has 0 heterocycles. The first-order valence-electron chi connectivity index (χ1n) is 6.89. The predicted octanol–water partition coefficient (Wildman–Crippen LogP) is 1.98. The highest BCUT2D eigenvalue weighted by molar-refractivity contribution is 5.74. The van der Waals surface area contributed by atoms with Crippen LogP contribution < -0.4 is 21.5 Å². The Bertz CT molecular complexity index is 734. The summed E-state index contributed by atoms with van der Waals surface area (Å²) in [7, 11) is 0. The van der Waals surface area contributed by atoms with E-state index in [1.54, 1.807) is 12.1 Å². The highest BCUT2D eigenvalue weighted by atomic mass is 16.2. The minimum Gasteiger partial charge on any atom is -0.378 e. The van der Waals surface area contributed by atoms with E-state index in [9.17, 15) is 9.59 Å². The monoisotopic (exact) mass is 283 g/mol. The van der Waals surface area contributed by atoms with Crippen molar-refractivity contribution in [2.24, 2.45) is 0 Å². The first-order valence-corrected chi connectivity index (χ1v) is 6.89. The molecule has 2 rings (SSSR count). The molecule has 0 radical (unpaired) electrons. The van der Waals surface area contributed by atoms with E-state index in [1.807, 2.05) is 26.0 Å². The number of hydrogen-bond acceptors (Lipinski definition) is 5. The molecule has 0 aliphatic carbocycles. The van der Waals surface area contributed by atoms with Gasteiger partial charge in [-0.05, 0) is 31.0 Å². The summed E-state index contributed by atoms with van der Waals surface area (Å²) >= 11 is 0. The van der Waals surface area contributed by atoms with Gasteiger partial charge in [-0.1, -0.05) is 19.1 Å². The van der Waals surface area contributed by atoms with E-state index in [-0.39, 0.29) is 6.04 Å². The molecule has 0 aliphatic rings. The van der Waals surface area contributed by atoms with Gasteiger partial charge < -0.3 is 10.6 Å². The second-order valence-corrected chi connectivity index (χ2v) is 5.02. The van der Waals surface area contributed by atoms with Crippen LogP contribution in [0.2, 0.25) is 0 Å². The quantitative estimate of drug-likeness (QED) is 0.792. The van der Waals surface area contributed by atoms with Gasteiger partial charge in [-0.3, -0.25) is 9.59 Å². The minimum absolute atomic E-state index is 0.142. The molecule has 0 spiro atoms. The van der Waals surface area contributed by atoms with E-state index in [4.69, 9.17) is 5.26 Å². The van der Waals surface area contributed by atoms with Gasteiger partial charge in [-0.2, -0.15) is 5.26 Å². The molecule has 0 fully saturated rings. The lowest BCUT2D eigenvalue weighted by Crippen LogP contribution is -2.38. The van der Waals surface area contributed by atoms with Crippen LogP contribution in [-0.2, 0) is 6.54 Å². The summed E-state index contributed by atoms with van der Waals surface area (Å²) in [5.74, 6) is 0. The van der Waals surface area contributed by atoms with Crippen molar-refractivity contribution in [2.45, 2.75) is 32.9 Å². The maximum atomic E-state index is 11.6. The topological polar surface area (TPSA) is 82.0 Å². The SMILES string of the molecule is CCC(C)Nc1c(NCc2ccc(C#N)cc2)c(=O)c1=O. The molecule has 0 saturated heterocycles. The molecule has 0 bridgehead atoms. The molecule has 2 aromatic carbocycles. The number of rotatable bonds is 6. The molecule has 0 aliphatic heterocycles. The predicted molar refractivity (Wildman–Crippen MR) is 83.2 cm³/mol. The second kappa shape index (κ2) is 6.23. The maximum Gasteiger partial charge on any atom is 0.253 e. The van der Waals surface area contributed by atoms with Crippen LogP contribution in [0.4, 0.5) is 11.4 Å². The zero-order valence-electron chi connectivity index (χ0n) is 12.1. The van der Waals surface area contributed by atoms with E-state index in [0.29, 0.717) is 23.5 Å². The molecular formula is C16H17N3O2. The Morgan fingerprint density at radius 3 is 2.33 bits per heavy atom. The van der Waals surface area contributed by atoms with Crippen molar-refractivity contribution >= 4 is 11.4 Å². The zero-order chi connectivity index (χ0) is 15.4. The maximum absolute atomic E-state index is 11.6. The van der Waals surface area contributed by atoms with Gasteiger partial charge >= 0.3 is 0 Å². The number of benzene rings is 1. The lowest BCUT2D eigenvalue weighted by atomic mass is 10.1. The average molecular weight is 283 g/mol. The van der Waals surface area contributed by atoms with Crippen LogP contribution in [0, 0.1) is 11.3 Å². The van der Waals surface area contributed by atoms with Crippen LogP contribution in [0.1, 0.15) is 31.4 Å². The molecule has 1 atom stereocenters. The largest absolute Gasteiger partial charge is 0.378 e. The summed E-state index contributed by atoms with van der Waals surface area (Å²) in [4.78, 5) is 23.2. The van der Waals surface area contributed by atoms with Crippen LogP contribution in [0.5, 0.6) is 0 Å². The van der Waals surface area contributed by atoms with Gasteiger partial charge in [-0.15, -0.1) is 0 Å². The molecule has 0 amide bonds. The van der Waals surface area contributed by atoms with Crippen molar-refractivity contribution in [2.75, 3.05) is 10.6 Å². The molecular weight excluding hydrogens is 266 g/mol. The molecule has 0 aromatic heterocycles. The first-order chi connectivity index (χ1) is 10.1. The van der Waals surface area contributed by atoms with Gasteiger partial charge in [0.05, 0.1) is 11.6 Å². The summed E-state index contributed by atoms with van der Waals surface area (Å²) in [6, 6.07) is 9.27. The molecule has 2 aromatic rings. The van der Waals surface area contributed by atoms with Gasteiger partial charge in [0.1, 0.15) is 11.4 Å². The molecule has 0 saturated carbocycles.